The number of rotatable bonds is 25. The molecule has 0 saturated carbocycles. The van der Waals surface area contributed by atoms with E-state index in [9.17, 15) is 0 Å². The Morgan fingerprint density at radius 1 is 0.556 bits per heavy atom. The molecule has 0 atom stereocenters. The molecular formula is C24H52N8O3Si. The van der Waals surface area contributed by atoms with Gasteiger partial charge in [-0.25, -0.2) is 0 Å². The van der Waals surface area contributed by atoms with Gasteiger partial charge in [0.05, 0.1) is 0 Å². The second kappa shape index (κ2) is 21.5. The van der Waals surface area contributed by atoms with Gasteiger partial charge in [-0.3, -0.25) is 0 Å². The van der Waals surface area contributed by atoms with E-state index < -0.39 is 8.80 Å². The Morgan fingerprint density at radius 2 is 0.917 bits per heavy atom. The summed E-state index contributed by atoms with van der Waals surface area (Å²) >= 11 is 0. The highest BCUT2D eigenvalue weighted by atomic mass is 28.4. The molecule has 1 rings (SSSR count). The first-order valence-corrected chi connectivity index (χ1v) is 15.9. The lowest BCUT2D eigenvalue weighted by atomic mass is 10.2. The molecular weight excluding hydrogens is 476 g/mol. The van der Waals surface area contributed by atoms with Crippen LogP contribution in [-0.2, 0) is 13.3 Å². The maximum atomic E-state index is 5.95. The molecule has 210 valence electrons. The number of nitrogens with zero attached hydrogens (tertiary/aromatic N) is 3. The maximum Gasteiger partial charge on any atom is 0.500 e. The summed E-state index contributed by atoms with van der Waals surface area (Å²) in [4.78, 5) is 13.7. The Balaban J connectivity index is 2.67. The van der Waals surface area contributed by atoms with Gasteiger partial charge in [-0.1, -0.05) is 25.7 Å². The Labute approximate surface area is 219 Å². The van der Waals surface area contributed by atoms with E-state index in [0.717, 1.165) is 90.0 Å². The Bertz CT molecular complexity index is 609. The number of unbranched alkanes of at least 4 members (excludes halogenated alkanes) is 6. The quantitative estimate of drug-likeness (QED) is 0.0934. The summed E-state index contributed by atoms with van der Waals surface area (Å²) in [7, 11) is -2.65. The van der Waals surface area contributed by atoms with Crippen LogP contribution in [0.1, 0.15) is 78.6 Å². The van der Waals surface area contributed by atoms with Crippen molar-refractivity contribution in [3.63, 3.8) is 0 Å². The lowest BCUT2D eigenvalue weighted by Gasteiger charge is -2.28. The van der Waals surface area contributed by atoms with E-state index in [1.54, 1.807) is 0 Å². The first-order valence-electron chi connectivity index (χ1n) is 13.9. The molecule has 7 N–H and O–H groups in total. The second-order valence-corrected chi connectivity index (χ2v) is 11.3. The average Bonchev–Trinajstić information content (AvgIpc) is 2.87. The minimum atomic E-state index is -2.65. The van der Waals surface area contributed by atoms with Crippen molar-refractivity contribution in [2.75, 3.05) is 68.5 Å². The van der Waals surface area contributed by atoms with Crippen molar-refractivity contribution in [2.24, 2.45) is 11.5 Å². The van der Waals surface area contributed by atoms with Crippen LogP contribution in [0.2, 0.25) is 6.04 Å². The zero-order valence-electron chi connectivity index (χ0n) is 22.9. The standard InChI is InChI=1S/C24H52N8O3Si/c1-4-33-36(34-5-2,35-6-3)21-15-20-29-24-31-22(27-18-13-9-7-11-16-25)30-23(32-24)28-19-14-10-8-12-17-26/h4-21,25-26H2,1-3H3,(H3,27,28,29,30,31,32). The molecule has 0 amide bonds. The van der Waals surface area contributed by atoms with Crippen LogP contribution in [-0.4, -0.2) is 76.3 Å². The van der Waals surface area contributed by atoms with Crippen LogP contribution < -0.4 is 27.4 Å². The van der Waals surface area contributed by atoms with Crippen molar-refractivity contribution < 1.29 is 13.3 Å². The van der Waals surface area contributed by atoms with Crippen LogP contribution in [0, 0.1) is 0 Å². The molecule has 0 aliphatic heterocycles. The molecule has 0 bridgehead atoms. The fourth-order valence-electron chi connectivity index (χ4n) is 3.77. The summed E-state index contributed by atoms with van der Waals surface area (Å²) in [6.07, 6.45) is 9.64. The SMILES string of the molecule is CCO[Si](CCCNc1nc(NCCCCCCN)nc(NCCCCCCN)n1)(OCC)OCC. The highest BCUT2D eigenvalue weighted by Crippen LogP contribution is 2.18. The molecule has 36 heavy (non-hydrogen) atoms. The topological polar surface area (TPSA) is 154 Å². The summed E-state index contributed by atoms with van der Waals surface area (Å²) in [6, 6.07) is 0.739. The van der Waals surface area contributed by atoms with Crippen molar-refractivity contribution >= 4 is 26.6 Å². The van der Waals surface area contributed by atoms with Crippen molar-refractivity contribution in [3.8, 4) is 0 Å². The van der Waals surface area contributed by atoms with Gasteiger partial charge in [-0.15, -0.1) is 0 Å². The number of hydrogen-bond acceptors (Lipinski definition) is 11. The third-order valence-corrected chi connectivity index (χ3v) is 8.65. The fourth-order valence-corrected chi connectivity index (χ4v) is 6.38. The highest BCUT2D eigenvalue weighted by Gasteiger charge is 2.39. The van der Waals surface area contributed by atoms with Crippen molar-refractivity contribution in [2.45, 2.75) is 84.6 Å². The second-order valence-electron chi connectivity index (χ2n) is 8.58. The molecule has 0 aliphatic carbocycles. The molecule has 0 aromatic carbocycles. The Morgan fingerprint density at radius 3 is 1.28 bits per heavy atom. The summed E-state index contributed by atoms with van der Waals surface area (Å²) in [5.74, 6) is 1.72. The van der Waals surface area contributed by atoms with E-state index >= 15 is 0 Å². The van der Waals surface area contributed by atoms with Gasteiger partial charge in [-0.2, -0.15) is 15.0 Å². The third-order valence-electron chi connectivity index (χ3n) is 5.50. The molecule has 0 radical (unpaired) electrons. The van der Waals surface area contributed by atoms with Gasteiger partial charge in [0.25, 0.3) is 0 Å². The molecule has 12 heteroatoms. The monoisotopic (exact) mass is 528 g/mol. The minimum Gasteiger partial charge on any atom is -0.374 e. The normalized spacial score (nSPS) is 11.6. The molecule has 0 spiro atoms. The van der Waals surface area contributed by atoms with E-state index in [0.29, 0.717) is 44.2 Å². The molecule has 0 fully saturated rings. The van der Waals surface area contributed by atoms with E-state index in [2.05, 4.69) is 30.9 Å². The Hall–Kier alpha value is -1.57. The predicted molar refractivity (Wildman–Crippen MR) is 150 cm³/mol. The van der Waals surface area contributed by atoms with Crippen LogP contribution >= 0.6 is 0 Å². The van der Waals surface area contributed by atoms with Crippen LogP contribution in [0.25, 0.3) is 0 Å². The molecule has 11 nitrogen and oxygen atoms in total. The number of nitrogens with two attached hydrogens (primary N) is 2. The summed E-state index contributed by atoms with van der Waals surface area (Å²) in [5.41, 5.74) is 11.2. The minimum absolute atomic E-state index is 0.553. The molecule has 0 aliphatic rings. The molecule has 0 unspecified atom stereocenters. The summed E-state index contributed by atoms with van der Waals surface area (Å²) in [6.45, 7) is 11.5. The fraction of sp³-hybridized carbons (Fsp3) is 0.875. The number of nitrogens with one attached hydrogen (secondary N) is 3. The van der Waals surface area contributed by atoms with Crippen LogP contribution in [0.5, 0.6) is 0 Å². The largest absolute Gasteiger partial charge is 0.500 e. The van der Waals surface area contributed by atoms with Gasteiger partial charge < -0.3 is 40.7 Å². The molecule has 0 saturated heterocycles. The Kier molecular flexibility index (Phi) is 19.4. The van der Waals surface area contributed by atoms with Crippen LogP contribution in [0.4, 0.5) is 17.8 Å². The first-order chi connectivity index (χ1) is 17.6. The van der Waals surface area contributed by atoms with Gasteiger partial charge in [0, 0.05) is 45.5 Å². The smallest absolute Gasteiger partial charge is 0.374 e. The van der Waals surface area contributed by atoms with E-state index in [-0.39, 0.29) is 0 Å². The zero-order valence-corrected chi connectivity index (χ0v) is 23.9. The van der Waals surface area contributed by atoms with Gasteiger partial charge in [0.15, 0.2) is 0 Å². The maximum absolute atomic E-state index is 5.95. The lowest BCUT2D eigenvalue weighted by Crippen LogP contribution is -2.46. The molecule has 1 aromatic rings. The number of aromatic nitrogens is 3. The van der Waals surface area contributed by atoms with Gasteiger partial charge in [-0.05, 0) is 66.0 Å². The van der Waals surface area contributed by atoms with Gasteiger partial charge >= 0.3 is 8.80 Å². The van der Waals surface area contributed by atoms with Crippen molar-refractivity contribution in [1.82, 2.24) is 15.0 Å². The average molecular weight is 529 g/mol. The highest BCUT2D eigenvalue weighted by molar-refractivity contribution is 6.60. The predicted octanol–water partition coefficient (Wildman–Crippen LogP) is 3.58. The van der Waals surface area contributed by atoms with E-state index in [1.807, 2.05) is 20.8 Å². The van der Waals surface area contributed by atoms with Gasteiger partial charge in [0.2, 0.25) is 17.8 Å². The lowest BCUT2D eigenvalue weighted by molar-refractivity contribution is 0.0710. The first kappa shape index (κ1) is 32.5. The van der Waals surface area contributed by atoms with E-state index in [4.69, 9.17) is 24.7 Å². The van der Waals surface area contributed by atoms with Crippen LogP contribution in [0.15, 0.2) is 0 Å². The van der Waals surface area contributed by atoms with Gasteiger partial charge in [0.1, 0.15) is 0 Å². The summed E-state index contributed by atoms with van der Waals surface area (Å²) < 4.78 is 17.9. The van der Waals surface area contributed by atoms with Crippen molar-refractivity contribution in [3.05, 3.63) is 0 Å². The summed E-state index contributed by atoms with van der Waals surface area (Å²) in [5, 5.41) is 10.0. The van der Waals surface area contributed by atoms with Crippen molar-refractivity contribution in [1.29, 1.82) is 0 Å². The van der Waals surface area contributed by atoms with E-state index in [1.165, 1.54) is 0 Å². The number of hydrogen-bond donors (Lipinski definition) is 5. The molecule has 1 heterocycles. The van der Waals surface area contributed by atoms with Crippen LogP contribution in [0.3, 0.4) is 0 Å². The zero-order chi connectivity index (χ0) is 26.3. The number of anilines is 3. The third kappa shape index (κ3) is 14.9. The molecule has 1 aromatic heterocycles.